The first-order chi connectivity index (χ1) is 18.9. The summed E-state index contributed by atoms with van der Waals surface area (Å²) in [7, 11) is -0.0611. The lowest BCUT2D eigenvalue weighted by atomic mass is 9.99. The molecule has 202 valence electrons. The van der Waals surface area contributed by atoms with Crippen LogP contribution in [0.1, 0.15) is 96.3 Å². The summed E-state index contributed by atoms with van der Waals surface area (Å²) in [4.78, 5) is 0. The van der Waals surface area contributed by atoms with Gasteiger partial charge in [-0.2, -0.15) is 0 Å². The van der Waals surface area contributed by atoms with E-state index in [1.54, 1.807) is 77.0 Å². The fourth-order valence-electron chi connectivity index (χ4n) is 7.21. The third-order valence-electron chi connectivity index (χ3n) is 9.03. The molecule has 3 fully saturated rings. The molecule has 0 radical (unpaired) electrons. The molecule has 3 aliphatic rings. The Balaban J connectivity index is 0.000000155. The van der Waals surface area contributed by atoms with Gasteiger partial charge in [-0.25, -0.2) is 0 Å². The van der Waals surface area contributed by atoms with E-state index in [-0.39, 0.29) is 0 Å². The van der Waals surface area contributed by atoms with Crippen molar-refractivity contribution in [3.8, 4) is 0 Å². The van der Waals surface area contributed by atoms with E-state index in [9.17, 15) is 0 Å². The van der Waals surface area contributed by atoms with Crippen molar-refractivity contribution < 1.29 is 0 Å². The molecule has 3 aromatic carbocycles. The first-order valence-corrected chi connectivity index (χ1v) is 18.5. The molecular formula is C36H48P2. The molecule has 38 heavy (non-hydrogen) atoms. The largest absolute Gasteiger partial charge is 0.0971 e. The zero-order valence-corrected chi connectivity index (χ0v) is 25.2. The van der Waals surface area contributed by atoms with Gasteiger partial charge in [-0.3, -0.25) is 0 Å². The maximum atomic E-state index is 2.23. The lowest BCUT2D eigenvalue weighted by Crippen LogP contribution is -2.28. The van der Waals surface area contributed by atoms with Crippen LogP contribution in [0, 0.1) is 0 Å². The van der Waals surface area contributed by atoms with Gasteiger partial charge < -0.3 is 0 Å². The van der Waals surface area contributed by atoms with Crippen LogP contribution in [0.15, 0.2) is 91.0 Å². The Bertz CT molecular complexity index is 880. The van der Waals surface area contributed by atoms with Crippen molar-refractivity contribution in [1.82, 2.24) is 0 Å². The minimum absolute atomic E-state index is 0.385. The van der Waals surface area contributed by atoms with E-state index in [1.165, 1.54) is 52.2 Å². The van der Waals surface area contributed by atoms with Crippen molar-refractivity contribution >= 4 is 31.8 Å². The Morgan fingerprint density at radius 2 is 0.605 bits per heavy atom. The lowest BCUT2D eigenvalue weighted by Gasteiger charge is -2.44. The SMILES string of the molecule is C1CCC(P(C2CCCCC2)C2CCCCC2)CC1.c1ccc(P(c2ccccc2)c2ccccc2)cc1. The highest BCUT2D eigenvalue weighted by Crippen LogP contribution is 2.61. The quantitative estimate of drug-likeness (QED) is 0.272. The zero-order chi connectivity index (χ0) is 25.8. The monoisotopic (exact) mass is 542 g/mol. The fourth-order valence-corrected chi connectivity index (χ4v) is 14.2. The number of rotatable bonds is 6. The molecule has 0 unspecified atom stereocenters. The van der Waals surface area contributed by atoms with Gasteiger partial charge in [-0.15, -0.1) is 0 Å². The second kappa shape index (κ2) is 15.3. The van der Waals surface area contributed by atoms with Crippen molar-refractivity contribution in [3.63, 3.8) is 0 Å². The average molecular weight is 543 g/mol. The predicted octanol–water partition coefficient (Wildman–Crippen LogP) is 9.91. The van der Waals surface area contributed by atoms with Crippen molar-refractivity contribution in [3.05, 3.63) is 91.0 Å². The lowest BCUT2D eigenvalue weighted by molar-refractivity contribution is 0.460. The van der Waals surface area contributed by atoms with Gasteiger partial charge >= 0.3 is 0 Å². The van der Waals surface area contributed by atoms with Gasteiger partial charge in [-0.05, 0) is 79.3 Å². The fraction of sp³-hybridized carbons (Fsp3) is 0.500. The Morgan fingerprint density at radius 1 is 0.342 bits per heavy atom. The van der Waals surface area contributed by atoms with Crippen LogP contribution < -0.4 is 15.9 Å². The van der Waals surface area contributed by atoms with Crippen molar-refractivity contribution in [1.29, 1.82) is 0 Å². The minimum Gasteiger partial charge on any atom is -0.0971 e. The molecule has 0 saturated heterocycles. The minimum atomic E-state index is -0.446. The molecule has 3 aromatic rings. The van der Waals surface area contributed by atoms with Crippen LogP contribution in [0.2, 0.25) is 0 Å². The summed E-state index contributed by atoms with van der Waals surface area (Å²) in [6, 6.07) is 32.3. The highest BCUT2D eigenvalue weighted by atomic mass is 31.1. The van der Waals surface area contributed by atoms with Gasteiger partial charge in [0.2, 0.25) is 0 Å². The normalized spacial score (nSPS) is 19.7. The topological polar surface area (TPSA) is 0 Å². The summed E-state index contributed by atoms with van der Waals surface area (Å²) < 4.78 is 0. The summed E-state index contributed by atoms with van der Waals surface area (Å²) in [5.74, 6) is 0. The van der Waals surface area contributed by atoms with Crippen LogP contribution in [0.5, 0.6) is 0 Å². The smallest absolute Gasteiger partial charge is 0.0134 e. The molecule has 0 nitrogen and oxygen atoms in total. The van der Waals surface area contributed by atoms with Crippen LogP contribution >= 0.6 is 15.8 Å². The Labute approximate surface area is 235 Å². The van der Waals surface area contributed by atoms with Crippen molar-refractivity contribution in [2.24, 2.45) is 0 Å². The molecule has 0 spiro atoms. The van der Waals surface area contributed by atoms with Crippen LogP contribution in [-0.4, -0.2) is 17.0 Å². The highest BCUT2D eigenvalue weighted by Gasteiger charge is 2.36. The van der Waals surface area contributed by atoms with Crippen molar-refractivity contribution in [2.75, 3.05) is 0 Å². The van der Waals surface area contributed by atoms with Gasteiger partial charge in [0.05, 0.1) is 0 Å². The van der Waals surface area contributed by atoms with Gasteiger partial charge in [0, 0.05) is 0 Å². The summed E-state index contributed by atoms with van der Waals surface area (Å²) in [5, 5.41) is 4.19. The number of benzene rings is 3. The third kappa shape index (κ3) is 7.80. The van der Waals surface area contributed by atoms with E-state index in [0.29, 0.717) is 7.92 Å². The van der Waals surface area contributed by atoms with E-state index in [0.717, 1.165) is 0 Å². The summed E-state index contributed by atoms with van der Waals surface area (Å²) in [6.45, 7) is 0. The second-order valence-corrected chi connectivity index (χ2v) is 17.0. The van der Waals surface area contributed by atoms with Gasteiger partial charge in [0.1, 0.15) is 0 Å². The summed E-state index contributed by atoms with van der Waals surface area (Å²) in [5.41, 5.74) is 3.57. The molecular weight excluding hydrogens is 494 g/mol. The first kappa shape index (κ1) is 28.1. The molecule has 0 N–H and O–H groups in total. The average Bonchev–Trinajstić information content (AvgIpc) is 3.01. The first-order valence-electron chi connectivity index (χ1n) is 15.6. The Morgan fingerprint density at radius 3 is 0.868 bits per heavy atom. The predicted molar refractivity (Wildman–Crippen MR) is 173 cm³/mol. The van der Waals surface area contributed by atoms with Crippen molar-refractivity contribution in [2.45, 2.75) is 113 Å². The molecule has 6 rings (SSSR count). The molecule has 0 aliphatic heterocycles. The van der Waals surface area contributed by atoms with E-state index in [2.05, 4.69) is 91.0 Å². The van der Waals surface area contributed by atoms with Crippen LogP contribution in [0.3, 0.4) is 0 Å². The maximum absolute atomic E-state index is 2.23. The van der Waals surface area contributed by atoms with Crippen LogP contribution in [0.25, 0.3) is 0 Å². The second-order valence-electron chi connectivity index (χ2n) is 11.7. The number of hydrogen-bond donors (Lipinski definition) is 0. The Kier molecular flexibility index (Phi) is 11.3. The van der Waals surface area contributed by atoms with Gasteiger partial charge in [-0.1, -0.05) is 157 Å². The molecule has 2 heteroatoms. The van der Waals surface area contributed by atoms with Gasteiger partial charge in [0.25, 0.3) is 0 Å². The van der Waals surface area contributed by atoms with E-state index < -0.39 is 7.92 Å². The molecule has 0 heterocycles. The van der Waals surface area contributed by atoms with Gasteiger partial charge in [0.15, 0.2) is 0 Å². The molecule has 0 bridgehead atoms. The zero-order valence-electron chi connectivity index (χ0n) is 23.4. The third-order valence-corrected chi connectivity index (χ3v) is 15.6. The maximum Gasteiger partial charge on any atom is -0.0134 e. The summed E-state index contributed by atoms with van der Waals surface area (Å²) in [6.07, 6.45) is 23.6. The van der Waals surface area contributed by atoms with Crippen LogP contribution in [-0.2, 0) is 0 Å². The van der Waals surface area contributed by atoms with Crippen LogP contribution in [0.4, 0.5) is 0 Å². The highest BCUT2D eigenvalue weighted by molar-refractivity contribution is 7.79. The molecule has 3 aliphatic carbocycles. The molecule has 0 amide bonds. The standard InChI is InChI=1S/C18H33P.C18H15P/c2*1-4-10-16(11-5-1)19(17-12-6-2-7-13-17)18-14-8-3-9-15-18/h16-18H,1-15H2;1-15H. The summed E-state index contributed by atoms with van der Waals surface area (Å²) >= 11 is 0. The molecule has 0 atom stereocenters. The molecule has 0 aromatic heterocycles. The molecule has 3 saturated carbocycles. The Hall–Kier alpha value is -1.48. The van der Waals surface area contributed by atoms with E-state index >= 15 is 0 Å². The van der Waals surface area contributed by atoms with E-state index in [1.807, 2.05) is 0 Å². The van der Waals surface area contributed by atoms with E-state index in [4.69, 9.17) is 0 Å². The number of hydrogen-bond acceptors (Lipinski definition) is 0.